The lowest BCUT2D eigenvalue weighted by Crippen LogP contribution is -2.40. The van der Waals surface area contributed by atoms with Gasteiger partial charge in [-0.3, -0.25) is 4.79 Å². The van der Waals surface area contributed by atoms with E-state index in [0.717, 1.165) is 23.3 Å². The van der Waals surface area contributed by atoms with E-state index in [0.29, 0.717) is 13.0 Å². The maximum atomic E-state index is 11.2. The van der Waals surface area contributed by atoms with Crippen molar-refractivity contribution < 1.29 is 9.53 Å². The summed E-state index contributed by atoms with van der Waals surface area (Å²) in [4.78, 5) is 13.7. The predicted molar refractivity (Wildman–Crippen MR) is 78.1 cm³/mol. The third-order valence-electron chi connectivity index (χ3n) is 3.16. The zero-order valence-electron chi connectivity index (χ0n) is 12.0. The molecule has 106 valence electrons. The highest BCUT2D eigenvalue weighted by Crippen LogP contribution is 2.24. The molecule has 0 aromatic heterocycles. The summed E-state index contributed by atoms with van der Waals surface area (Å²) >= 11 is 2.10. The first-order valence-corrected chi connectivity index (χ1v) is 8.09. The maximum absolute atomic E-state index is 11.2. The highest BCUT2D eigenvalue weighted by molar-refractivity contribution is 8.00. The molecule has 2 atom stereocenters. The van der Waals surface area contributed by atoms with Crippen molar-refractivity contribution in [3.63, 3.8) is 0 Å². The van der Waals surface area contributed by atoms with Crippen LogP contribution in [0.3, 0.4) is 0 Å². The van der Waals surface area contributed by atoms with Gasteiger partial charge >= 0.3 is 5.97 Å². The molecular weight excluding hydrogens is 246 g/mol. The first-order chi connectivity index (χ1) is 8.61. The van der Waals surface area contributed by atoms with Crippen LogP contribution in [-0.4, -0.2) is 47.6 Å². The fourth-order valence-corrected chi connectivity index (χ4v) is 3.87. The van der Waals surface area contributed by atoms with Crippen LogP contribution in [0.25, 0.3) is 0 Å². The van der Waals surface area contributed by atoms with Crippen LogP contribution in [0.5, 0.6) is 0 Å². The number of carbonyl (C=O) groups is 1. The summed E-state index contributed by atoms with van der Waals surface area (Å²) in [5, 5.41) is 1.52. The second-order valence-corrected chi connectivity index (χ2v) is 7.01. The number of hydrogen-bond donors (Lipinski definition) is 0. The van der Waals surface area contributed by atoms with Crippen molar-refractivity contribution in [2.45, 2.75) is 57.0 Å². The third-order valence-corrected chi connectivity index (χ3v) is 4.38. The number of esters is 1. The van der Waals surface area contributed by atoms with Crippen molar-refractivity contribution in [3.8, 4) is 0 Å². The highest BCUT2D eigenvalue weighted by atomic mass is 32.2. The summed E-state index contributed by atoms with van der Waals surface area (Å²) < 4.78 is 4.91. The van der Waals surface area contributed by atoms with Gasteiger partial charge in [0.1, 0.15) is 0 Å². The average molecular weight is 273 g/mol. The molecule has 0 amide bonds. The Morgan fingerprint density at radius 2 is 1.89 bits per heavy atom. The van der Waals surface area contributed by atoms with Gasteiger partial charge in [0.15, 0.2) is 0 Å². The highest BCUT2D eigenvalue weighted by Gasteiger charge is 2.21. The van der Waals surface area contributed by atoms with Gasteiger partial charge in [-0.25, -0.2) is 0 Å². The minimum absolute atomic E-state index is 0.0471. The molecule has 1 saturated heterocycles. The molecule has 1 heterocycles. The molecular formula is C14H27NO2S. The Hall–Kier alpha value is -0.220. The Morgan fingerprint density at radius 3 is 2.50 bits per heavy atom. The van der Waals surface area contributed by atoms with E-state index in [1.165, 1.54) is 26.1 Å². The van der Waals surface area contributed by atoms with Crippen LogP contribution in [0.15, 0.2) is 0 Å². The van der Waals surface area contributed by atoms with Crippen LogP contribution in [-0.2, 0) is 9.53 Å². The van der Waals surface area contributed by atoms with Crippen molar-refractivity contribution in [3.05, 3.63) is 0 Å². The first-order valence-electron chi connectivity index (χ1n) is 7.15. The molecule has 0 bridgehead atoms. The average Bonchev–Trinajstić information content (AvgIpc) is 2.27. The molecule has 2 unspecified atom stereocenters. The molecule has 1 fully saturated rings. The minimum Gasteiger partial charge on any atom is -0.466 e. The fraction of sp³-hybridized carbons (Fsp3) is 0.929. The Labute approximate surface area is 116 Å². The molecule has 0 spiro atoms. The van der Waals surface area contributed by atoms with E-state index in [2.05, 4.69) is 30.5 Å². The van der Waals surface area contributed by atoms with E-state index in [-0.39, 0.29) is 5.97 Å². The van der Waals surface area contributed by atoms with Crippen molar-refractivity contribution in [1.82, 2.24) is 4.90 Å². The van der Waals surface area contributed by atoms with E-state index in [1.807, 2.05) is 6.92 Å². The zero-order chi connectivity index (χ0) is 13.4. The largest absolute Gasteiger partial charge is 0.466 e. The molecule has 1 aliphatic heterocycles. The number of rotatable bonds is 7. The molecule has 0 radical (unpaired) electrons. The molecule has 18 heavy (non-hydrogen) atoms. The van der Waals surface area contributed by atoms with E-state index < -0.39 is 0 Å². The maximum Gasteiger partial charge on any atom is 0.305 e. The van der Waals surface area contributed by atoms with Crippen LogP contribution < -0.4 is 0 Å². The van der Waals surface area contributed by atoms with Crippen LogP contribution in [0, 0.1) is 0 Å². The van der Waals surface area contributed by atoms with Gasteiger partial charge in [0, 0.05) is 30.0 Å². The van der Waals surface area contributed by atoms with Gasteiger partial charge in [0.05, 0.1) is 6.61 Å². The first kappa shape index (κ1) is 15.8. The monoisotopic (exact) mass is 273 g/mol. The number of nitrogens with zero attached hydrogens (tertiary/aromatic N) is 1. The van der Waals surface area contributed by atoms with Gasteiger partial charge in [-0.15, -0.1) is 0 Å². The lowest BCUT2D eigenvalue weighted by atomic mass is 10.2. The van der Waals surface area contributed by atoms with Crippen molar-refractivity contribution in [1.29, 1.82) is 0 Å². The Kier molecular flexibility index (Phi) is 7.75. The fourth-order valence-electron chi connectivity index (χ4n) is 2.48. The molecule has 1 aliphatic rings. The predicted octanol–water partition coefficient (Wildman–Crippen LogP) is 2.94. The van der Waals surface area contributed by atoms with Gasteiger partial charge in [-0.2, -0.15) is 11.8 Å². The molecule has 0 aromatic carbocycles. The Balaban J connectivity index is 2.02. The van der Waals surface area contributed by atoms with E-state index in [1.54, 1.807) is 0 Å². The number of carbonyl (C=O) groups excluding carboxylic acids is 1. The normalized spacial score (nSPS) is 25.1. The number of hydrogen-bond acceptors (Lipinski definition) is 4. The van der Waals surface area contributed by atoms with Crippen LogP contribution in [0.4, 0.5) is 0 Å². The minimum atomic E-state index is -0.0471. The summed E-state index contributed by atoms with van der Waals surface area (Å²) in [7, 11) is 0. The standard InChI is InChI=1S/C14H27NO2S/c1-4-17-14(16)8-6-5-7-9-15-10-12(2)18-13(3)11-15/h12-13H,4-11H2,1-3H3. The SMILES string of the molecule is CCOC(=O)CCCCCN1CC(C)SC(C)C1. The summed E-state index contributed by atoms with van der Waals surface area (Å²) in [5.41, 5.74) is 0. The quantitative estimate of drug-likeness (QED) is 0.527. The lowest BCUT2D eigenvalue weighted by molar-refractivity contribution is -0.143. The van der Waals surface area contributed by atoms with Crippen molar-refractivity contribution >= 4 is 17.7 Å². The van der Waals surface area contributed by atoms with Crippen molar-refractivity contribution in [2.75, 3.05) is 26.2 Å². The molecule has 0 N–H and O–H groups in total. The smallest absolute Gasteiger partial charge is 0.305 e. The van der Waals surface area contributed by atoms with E-state index in [4.69, 9.17) is 4.74 Å². The molecule has 4 heteroatoms. The molecule has 0 aliphatic carbocycles. The Morgan fingerprint density at radius 1 is 1.22 bits per heavy atom. The zero-order valence-corrected chi connectivity index (χ0v) is 12.8. The van der Waals surface area contributed by atoms with Gasteiger partial charge in [0.25, 0.3) is 0 Å². The second kappa shape index (κ2) is 8.81. The lowest BCUT2D eigenvalue weighted by Gasteiger charge is -2.34. The van der Waals surface area contributed by atoms with Gasteiger partial charge in [-0.05, 0) is 26.3 Å². The number of ether oxygens (including phenoxy) is 1. The third kappa shape index (κ3) is 6.64. The molecule has 3 nitrogen and oxygen atoms in total. The number of unbranched alkanes of at least 4 members (excludes halogenated alkanes) is 2. The van der Waals surface area contributed by atoms with Crippen molar-refractivity contribution in [2.24, 2.45) is 0 Å². The van der Waals surface area contributed by atoms with Gasteiger partial charge in [0.2, 0.25) is 0 Å². The number of thioether (sulfide) groups is 1. The molecule has 1 rings (SSSR count). The van der Waals surface area contributed by atoms with Gasteiger partial charge in [-0.1, -0.05) is 20.3 Å². The second-order valence-electron chi connectivity index (χ2n) is 5.13. The molecule has 0 aromatic rings. The summed E-state index contributed by atoms with van der Waals surface area (Å²) in [5.74, 6) is -0.0471. The van der Waals surface area contributed by atoms with Gasteiger partial charge < -0.3 is 9.64 Å². The summed E-state index contributed by atoms with van der Waals surface area (Å²) in [6.45, 7) is 10.6. The Bertz CT molecular complexity index is 238. The summed E-state index contributed by atoms with van der Waals surface area (Å²) in [6, 6.07) is 0. The summed E-state index contributed by atoms with van der Waals surface area (Å²) in [6.07, 6.45) is 3.87. The van der Waals surface area contributed by atoms with Crippen LogP contribution in [0.1, 0.15) is 46.5 Å². The molecule has 0 saturated carbocycles. The van der Waals surface area contributed by atoms with Crippen LogP contribution >= 0.6 is 11.8 Å². The van der Waals surface area contributed by atoms with Crippen LogP contribution in [0.2, 0.25) is 0 Å². The van der Waals surface area contributed by atoms with E-state index in [9.17, 15) is 4.79 Å². The van der Waals surface area contributed by atoms with E-state index >= 15 is 0 Å². The topological polar surface area (TPSA) is 29.5 Å².